The van der Waals surface area contributed by atoms with Crippen LogP contribution in [-0.2, 0) is 0 Å². The van der Waals surface area contributed by atoms with E-state index in [-0.39, 0.29) is 11.5 Å². The normalized spacial score (nSPS) is 10.5. The number of hydrogen-bond acceptors (Lipinski definition) is 8. The average Bonchev–Trinajstić information content (AvgIpc) is 2.83. The molecule has 0 unspecified atom stereocenters. The van der Waals surface area contributed by atoms with Gasteiger partial charge in [-0.2, -0.15) is 5.10 Å². The summed E-state index contributed by atoms with van der Waals surface area (Å²) in [7, 11) is 4.40. The predicted octanol–water partition coefficient (Wildman–Crippen LogP) is 3.40. The number of methoxy groups -OCH3 is 3. The number of aromatic nitrogens is 1. The van der Waals surface area contributed by atoms with Gasteiger partial charge >= 0.3 is 5.97 Å². The highest BCUT2D eigenvalue weighted by Gasteiger charge is 2.18. The Morgan fingerprint density at radius 2 is 1.67 bits per heavy atom. The number of pyridine rings is 1. The SMILES string of the molecule is COc1cc(C(=O)Oc2cccc(C=NNC(=O)c3ccc(C)nc3)c2)cc(OC)c1OC. The van der Waals surface area contributed by atoms with Crippen molar-refractivity contribution < 1.29 is 28.5 Å². The first-order chi connectivity index (χ1) is 15.9. The lowest BCUT2D eigenvalue weighted by molar-refractivity contribution is 0.0733. The summed E-state index contributed by atoms with van der Waals surface area (Å²) in [5, 5.41) is 3.94. The van der Waals surface area contributed by atoms with Crippen LogP contribution in [0.5, 0.6) is 23.0 Å². The molecule has 170 valence electrons. The molecular formula is C24H23N3O6. The number of nitrogens with one attached hydrogen (secondary N) is 1. The van der Waals surface area contributed by atoms with Crippen LogP contribution in [0.25, 0.3) is 0 Å². The standard InChI is InChI=1S/C24H23N3O6/c1-15-8-9-17(14-25-15)23(28)27-26-13-16-6-5-7-19(10-16)33-24(29)18-11-20(30-2)22(32-4)21(12-18)31-3/h5-14H,1-4H3,(H,27,28). The summed E-state index contributed by atoms with van der Waals surface area (Å²) < 4.78 is 21.3. The summed E-state index contributed by atoms with van der Waals surface area (Å²) in [6.07, 6.45) is 2.92. The molecule has 0 fully saturated rings. The lowest BCUT2D eigenvalue weighted by Crippen LogP contribution is -2.17. The maximum atomic E-state index is 12.7. The number of rotatable bonds is 8. The Kier molecular flexibility index (Phi) is 7.59. The third-order valence-corrected chi connectivity index (χ3v) is 4.52. The predicted molar refractivity (Wildman–Crippen MR) is 122 cm³/mol. The molecule has 1 N–H and O–H groups in total. The fourth-order valence-corrected chi connectivity index (χ4v) is 2.86. The number of amides is 1. The van der Waals surface area contributed by atoms with E-state index in [1.807, 2.05) is 6.92 Å². The van der Waals surface area contributed by atoms with Crippen LogP contribution in [-0.4, -0.2) is 44.4 Å². The molecule has 0 spiro atoms. The van der Waals surface area contributed by atoms with Crippen molar-refractivity contribution in [1.82, 2.24) is 10.4 Å². The number of ether oxygens (including phenoxy) is 4. The first kappa shape index (κ1) is 23.3. The van der Waals surface area contributed by atoms with Gasteiger partial charge in [0.2, 0.25) is 5.75 Å². The van der Waals surface area contributed by atoms with Crippen LogP contribution in [0.1, 0.15) is 32.0 Å². The molecule has 0 radical (unpaired) electrons. The fourth-order valence-electron chi connectivity index (χ4n) is 2.86. The zero-order chi connectivity index (χ0) is 23.8. The summed E-state index contributed by atoms with van der Waals surface area (Å²) in [6.45, 7) is 1.83. The van der Waals surface area contributed by atoms with Gasteiger partial charge < -0.3 is 18.9 Å². The van der Waals surface area contributed by atoms with Gasteiger partial charge in [0.15, 0.2) is 11.5 Å². The highest BCUT2D eigenvalue weighted by Crippen LogP contribution is 2.38. The van der Waals surface area contributed by atoms with Crippen LogP contribution in [0.4, 0.5) is 0 Å². The third kappa shape index (κ3) is 5.85. The van der Waals surface area contributed by atoms with Gasteiger partial charge in [0, 0.05) is 11.9 Å². The Hall–Kier alpha value is -4.40. The van der Waals surface area contributed by atoms with Gasteiger partial charge in [0.25, 0.3) is 5.91 Å². The van der Waals surface area contributed by atoms with Gasteiger partial charge in [0.1, 0.15) is 5.75 Å². The number of hydrogen-bond donors (Lipinski definition) is 1. The molecule has 2 aromatic carbocycles. The van der Waals surface area contributed by atoms with Gasteiger partial charge in [-0.3, -0.25) is 9.78 Å². The lowest BCUT2D eigenvalue weighted by Gasteiger charge is -2.13. The molecule has 0 saturated carbocycles. The molecule has 0 bridgehead atoms. The van der Waals surface area contributed by atoms with Crippen LogP contribution in [0, 0.1) is 6.92 Å². The second kappa shape index (κ2) is 10.8. The quantitative estimate of drug-likeness (QED) is 0.243. The molecule has 1 amide bonds. The Balaban J connectivity index is 1.69. The molecule has 3 aromatic rings. The van der Waals surface area contributed by atoms with Gasteiger partial charge in [0.05, 0.1) is 38.7 Å². The molecule has 33 heavy (non-hydrogen) atoms. The highest BCUT2D eigenvalue weighted by atomic mass is 16.5. The van der Waals surface area contributed by atoms with Crippen molar-refractivity contribution >= 4 is 18.1 Å². The summed E-state index contributed by atoms with van der Waals surface area (Å²) >= 11 is 0. The van der Waals surface area contributed by atoms with E-state index in [2.05, 4.69) is 15.5 Å². The van der Waals surface area contributed by atoms with Crippen molar-refractivity contribution in [2.75, 3.05) is 21.3 Å². The Morgan fingerprint density at radius 3 is 2.27 bits per heavy atom. The minimum atomic E-state index is -0.608. The molecule has 0 aliphatic rings. The van der Waals surface area contributed by atoms with E-state index in [4.69, 9.17) is 18.9 Å². The topological polar surface area (TPSA) is 108 Å². The smallest absolute Gasteiger partial charge is 0.343 e. The molecular weight excluding hydrogens is 426 g/mol. The van der Waals surface area contributed by atoms with E-state index in [9.17, 15) is 9.59 Å². The van der Waals surface area contributed by atoms with Crippen LogP contribution in [0.15, 0.2) is 59.8 Å². The van der Waals surface area contributed by atoms with Crippen molar-refractivity contribution in [2.45, 2.75) is 6.92 Å². The number of aryl methyl sites for hydroxylation is 1. The van der Waals surface area contributed by atoms with Crippen molar-refractivity contribution in [1.29, 1.82) is 0 Å². The van der Waals surface area contributed by atoms with Crippen molar-refractivity contribution in [2.24, 2.45) is 5.10 Å². The zero-order valence-corrected chi connectivity index (χ0v) is 18.6. The van der Waals surface area contributed by atoms with Crippen LogP contribution >= 0.6 is 0 Å². The minimum Gasteiger partial charge on any atom is -0.493 e. The molecule has 9 nitrogen and oxygen atoms in total. The summed E-state index contributed by atoms with van der Waals surface area (Å²) in [5.41, 5.74) is 4.48. The van der Waals surface area contributed by atoms with Crippen LogP contribution in [0.3, 0.4) is 0 Å². The van der Waals surface area contributed by atoms with Crippen molar-refractivity contribution in [3.8, 4) is 23.0 Å². The number of esters is 1. The van der Waals surface area contributed by atoms with E-state index in [0.717, 1.165) is 5.69 Å². The van der Waals surface area contributed by atoms with E-state index >= 15 is 0 Å². The fraction of sp³-hybridized carbons (Fsp3) is 0.167. The molecule has 3 rings (SSSR count). The maximum Gasteiger partial charge on any atom is 0.343 e. The molecule has 9 heteroatoms. The number of nitrogens with zero attached hydrogens (tertiary/aromatic N) is 2. The molecule has 0 aliphatic heterocycles. The van der Waals surface area contributed by atoms with Gasteiger partial charge in [-0.1, -0.05) is 12.1 Å². The Labute approximate surface area is 191 Å². The van der Waals surface area contributed by atoms with E-state index < -0.39 is 5.97 Å². The number of benzene rings is 2. The van der Waals surface area contributed by atoms with Crippen molar-refractivity contribution in [3.63, 3.8) is 0 Å². The van der Waals surface area contributed by atoms with Gasteiger partial charge in [-0.05, 0) is 48.9 Å². The van der Waals surface area contributed by atoms with Crippen molar-refractivity contribution in [3.05, 3.63) is 77.1 Å². The number of carbonyl (C=O) groups is 2. The average molecular weight is 449 g/mol. The molecule has 0 atom stereocenters. The van der Waals surface area contributed by atoms with Gasteiger partial charge in [-0.25, -0.2) is 10.2 Å². The second-order valence-corrected chi connectivity index (χ2v) is 6.76. The zero-order valence-electron chi connectivity index (χ0n) is 18.6. The maximum absolute atomic E-state index is 12.7. The summed E-state index contributed by atoms with van der Waals surface area (Å²) in [5.74, 6) is 0.352. The van der Waals surface area contributed by atoms with Crippen LogP contribution in [0.2, 0.25) is 0 Å². The van der Waals surface area contributed by atoms with Crippen LogP contribution < -0.4 is 24.4 Å². The van der Waals surface area contributed by atoms with E-state index in [1.54, 1.807) is 36.4 Å². The third-order valence-electron chi connectivity index (χ3n) is 4.52. The minimum absolute atomic E-state index is 0.225. The number of hydrazone groups is 1. The Bertz CT molecular complexity index is 1150. The molecule has 0 saturated heterocycles. The second-order valence-electron chi connectivity index (χ2n) is 6.76. The molecule has 1 aromatic heterocycles. The van der Waals surface area contributed by atoms with Gasteiger partial charge in [-0.15, -0.1) is 0 Å². The summed E-state index contributed by atoms with van der Waals surface area (Å²) in [6, 6.07) is 13.1. The largest absolute Gasteiger partial charge is 0.493 e. The first-order valence-electron chi connectivity index (χ1n) is 9.83. The lowest BCUT2D eigenvalue weighted by atomic mass is 10.1. The van der Waals surface area contributed by atoms with E-state index in [1.165, 1.54) is 45.9 Å². The molecule has 0 aliphatic carbocycles. The number of carbonyl (C=O) groups excluding carboxylic acids is 2. The Morgan fingerprint density at radius 1 is 0.939 bits per heavy atom. The molecule has 1 heterocycles. The van der Waals surface area contributed by atoms with E-state index in [0.29, 0.717) is 34.1 Å². The summed E-state index contributed by atoms with van der Waals surface area (Å²) in [4.78, 5) is 28.9. The first-order valence-corrected chi connectivity index (χ1v) is 9.83. The highest BCUT2D eigenvalue weighted by molar-refractivity contribution is 5.95. The monoisotopic (exact) mass is 449 g/mol.